The van der Waals surface area contributed by atoms with Gasteiger partial charge in [0.25, 0.3) is 0 Å². The Labute approximate surface area is 220 Å². The number of rotatable bonds is 10. The maximum atomic E-state index is 15.2. The zero-order valence-electron chi connectivity index (χ0n) is 21.1. The first-order valence-electron chi connectivity index (χ1n) is 12.6. The summed E-state index contributed by atoms with van der Waals surface area (Å²) in [6.45, 7) is 3.07. The third-order valence-corrected chi connectivity index (χ3v) is 7.87. The molecule has 2 atom stereocenters. The van der Waals surface area contributed by atoms with Crippen LogP contribution in [-0.4, -0.2) is 36.3 Å². The van der Waals surface area contributed by atoms with Crippen molar-refractivity contribution in [2.75, 3.05) is 25.2 Å². The van der Waals surface area contributed by atoms with Gasteiger partial charge in [-0.15, -0.1) is 0 Å². The molecule has 1 N–H and O–H groups in total. The van der Waals surface area contributed by atoms with Crippen molar-refractivity contribution in [1.29, 1.82) is 0 Å². The SMILES string of the molecule is CSCCCOc1cccc(-c2ccc(F)c3c2CC[C@H]3Oc2ccc3c(c2)OC[C@H]3CC(=O)O)c1C. The Morgan fingerprint density at radius 1 is 1.19 bits per heavy atom. The molecule has 3 aromatic carbocycles. The van der Waals surface area contributed by atoms with Crippen LogP contribution < -0.4 is 14.2 Å². The van der Waals surface area contributed by atoms with Crippen molar-refractivity contribution in [3.05, 3.63) is 76.6 Å². The zero-order valence-corrected chi connectivity index (χ0v) is 21.9. The maximum absolute atomic E-state index is 15.2. The number of halogens is 1. The number of aliphatic carboxylic acids is 1. The number of carbonyl (C=O) groups is 1. The number of thioether (sulfide) groups is 1. The minimum absolute atomic E-state index is 0.0284. The molecule has 194 valence electrons. The molecular weight excluding hydrogens is 491 g/mol. The van der Waals surface area contributed by atoms with Gasteiger partial charge in [-0.3, -0.25) is 4.79 Å². The lowest BCUT2D eigenvalue weighted by molar-refractivity contribution is -0.137. The van der Waals surface area contributed by atoms with E-state index in [0.29, 0.717) is 43.1 Å². The monoisotopic (exact) mass is 522 g/mol. The van der Waals surface area contributed by atoms with Gasteiger partial charge in [-0.05, 0) is 78.6 Å². The smallest absolute Gasteiger partial charge is 0.304 e. The second-order valence-corrected chi connectivity index (χ2v) is 10.5. The van der Waals surface area contributed by atoms with Crippen LogP contribution in [0, 0.1) is 12.7 Å². The zero-order chi connectivity index (χ0) is 25.9. The third-order valence-electron chi connectivity index (χ3n) is 7.17. The minimum Gasteiger partial charge on any atom is -0.493 e. The van der Waals surface area contributed by atoms with E-state index in [0.717, 1.165) is 45.7 Å². The van der Waals surface area contributed by atoms with Gasteiger partial charge in [0.2, 0.25) is 0 Å². The fourth-order valence-electron chi connectivity index (χ4n) is 5.37. The molecule has 0 unspecified atom stereocenters. The molecule has 0 saturated carbocycles. The average molecular weight is 523 g/mol. The number of hydrogen-bond acceptors (Lipinski definition) is 5. The molecule has 2 aliphatic rings. The van der Waals surface area contributed by atoms with Crippen molar-refractivity contribution >= 4 is 17.7 Å². The van der Waals surface area contributed by atoms with Gasteiger partial charge in [0, 0.05) is 23.1 Å². The standard InChI is InChI=1S/C30H31FO5S/c1-18-21(5-3-6-26(18)34-13-4-14-37-2)23-9-11-25(31)30-24(23)10-12-27(30)36-20-7-8-22-19(15-29(32)33)17-35-28(22)16-20/h3,5-9,11,16,19,27H,4,10,12-15,17H2,1-2H3,(H,32,33)/t19-,27-/m1/s1. The van der Waals surface area contributed by atoms with E-state index in [1.807, 2.05) is 42.1 Å². The quantitative estimate of drug-likeness (QED) is 0.291. The molecule has 0 aromatic heterocycles. The Morgan fingerprint density at radius 3 is 2.86 bits per heavy atom. The summed E-state index contributed by atoms with van der Waals surface area (Å²) in [6.07, 6.45) is 4.09. The van der Waals surface area contributed by atoms with Gasteiger partial charge in [-0.2, -0.15) is 11.8 Å². The van der Waals surface area contributed by atoms with Crippen LogP contribution in [0.1, 0.15) is 53.5 Å². The number of carboxylic acid groups (broad SMARTS) is 1. The Hall–Kier alpha value is -3.19. The summed E-state index contributed by atoms with van der Waals surface area (Å²) in [4.78, 5) is 11.1. The van der Waals surface area contributed by atoms with Crippen molar-refractivity contribution in [2.24, 2.45) is 0 Å². The van der Waals surface area contributed by atoms with Gasteiger partial charge in [0.1, 0.15) is 29.2 Å². The maximum Gasteiger partial charge on any atom is 0.304 e. The van der Waals surface area contributed by atoms with Crippen LogP contribution in [0.15, 0.2) is 48.5 Å². The second kappa shape index (κ2) is 11.1. The van der Waals surface area contributed by atoms with Gasteiger partial charge in [-0.25, -0.2) is 4.39 Å². The second-order valence-electron chi connectivity index (χ2n) is 9.56. The first-order valence-corrected chi connectivity index (χ1v) is 14.0. The first kappa shape index (κ1) is 25.5. The van der Waals surface area contributed by atoms with Crippen LogP contribution in [0.4, 0.5) is 4.39 Å². The minimum atomic E-state index is -0.849. The summed E-state index contributed by atoms with van der Waals surface area (Å²) in [5.41, 5.74) is 5.58. The van der Waals surface area contributed by atoms with Crippen molar-refractivity contribution in [3.8, 4) is 28.4 Å². The number of hydrogen-bond donors (Lipinski definition) is 1. The molecule has 0 bridgehead atoms. The Kier molecular flexibility index (Phi) is 7.60. The van der Waals surface area contributed by atoms with E-state index in [1.54, 1.807) is 6.07 Å². The van der Waals surface area contributed by atoms with Crippen molar-refractivity contribution in [2.45, 2.75) is 44.6 Å². The van der Waals surface area contributed by atoms with E-state index in [1.165, 1.54) is 6.07 Å². The van der Waals surface area contributed by atoms with E-state index in [9.17, 15) is 4.79 Å². The van der Waals surface area contributed by atoms with Gasteiger partial charge in [0.15, 0.2) is 0 Å². The third kappa shape index (κ3) is 5.28. The molecule has 37 heavy (non-hydrogen) atoms. The summed E-state index contributed by atoms with van der Waals surface area (Å²) in [7, 11) is 0. The molecule has 7 heteroatoms. The largest absolute Gasteiger partial charge is 0.493 e. The molecule has 1 aliphatic carbocycles. The van der Waals surface area contributed by atoms with E-state index < -0.39 is 12.1 Å². The van der Waals surface area contributed by atoms with Gasteiger partial charge >= 0.3 is 5.97 Å². The van der Waals surface area contributed by atoms with Crippen LogP contribution in [-0.2, 0) is 11.2 Å². The molecule has 3 aromatic rings. The lowest BCUT2D eigenvalue weighted by Crippen LogP contribution is -2.07. The number of carboxylic acids is 1. The normalized spacial score (nSPS) is 17.7. The topological polar surface area (TPSA) is 65.0 Å². The highest BCUT2D eigenvalue weighted by Crippen LogP contribution is 2.45. The molecule has 0 radical (unpaired) electrons. The number of benzene rings is 3. The van der Waals surface area contributed by atoms with Crippen molar-refractivity contribution in [3.63, 3.8) is 0 Å². The van der Waals surface area contributed by atoms with Crippen molar-refractivity contribution in [1.82, 2.24) is 0 Å². The molecule has 0 fully saturated rings. The van der Waals surface area contributed by atoms with Crippen LogP contribution in [0.5, 0.6) is 17.2 Å². The van der Waals surface area contributed by atoms with Crippen LogP contribution in [0.25, 0.3) is 11.1 Å². The van der Waals surface area contributed by atoms with Crippen LogP contribution >= 0.6 is 11.8 Å². The van der Waals surface area contributed by atoms with E-state index >= 15 is 4.39 Å². The predicted octanol–water partition coefficient (Wildman–Crippen LogP) is 6.95. The summed E-state index contributed by atoms with van der Waals surface area (Å²) < 4.78 is 33.2. The van der Waals surface area contributed by atoms with Crippen molar-refractivity contribution < 1.29 is 28.5 Å². The summed E-state index contributed by atoms with van der Waals surface area (Å²) in [6, 6.07) is 14.9. The number of fused-ring (bicyclic) bond motifs is 2. The fourth-order valence-corrected chi connectivity index (χ4v) is 5.77. The summed E-state index contributed by atoms with van der Waals surface area (Å²) >= 11 is 1.81. The van der Waals surface area contributed by atoms with Crippen LogP contribution in [0.2, 0.25) is 0 Å². The average Bonchev–Trinajstić information content (AvgIpc) is 3.48. The molecule has 1 aliphatic heterocycles. The van der Waals surface area contributed by atoms with E-state index in [2.05, 4.69) is 19.2 Å². The molecule has 0 amide bonds. The van der Waals surface area contributed by atoms with Gasteiger partial charge in [-0.1, -0.05) is 24.3 Å². The first-order chi connectivity index (χ1) is 18.0. The molecule has 5 nitrogen and oxygen atoms in total. The molecule has 0 spiro atoms. The fraction of sp³-hybridized carbons (Fsp3) is 0.367. The summed E-state index contributed by atoms with van der Waals surface area (Å²) in [5.74, 6) is 1.88. The van der Waals surface area contributed by atoms with E-state index in [-0.39, 0.29) is 18.2 Å². The van der Waals surface area contributed by atoms with Gasteiger partial charge < -0.3 is 19.3 Å². The molecule has 0 saturated heterocycles. The van der Waals surface area contributed by atoms with Crippen LogP contribution in [0.3, 0.4) is 0 Å². The van der Waals surface area contributed by atoms with E-state index in [4.69, 9.17) is 19.3 Å². The Balaban J connectivity index is 1.38. The highest BCUT2D eigenvalue weighted by atomic mass is 32.2. The predicted molar refractivity (Wildman–Crippen MR) is 144 cm³/mol. The Morgan fingerprint density at radius 2 is 2.05 bits per heavy atom. The Bertz CT molecular complexity index is 1310. The lowest BCUT2D eigenvalue weighted by atomic mass is 9.93. The molecule has 5 rings (SSSR count). The number of ether oxygens (including phenoxy) is 3. The molecule has 1 heterocycles. The highest BCUT2D eigenvalue weighted by Gasteiger charge is 2.32. The highest BCUT2D eigenvalue weighted by molar-refractivity contribution is 7.98. The summed E-state index contributed by atoms with van der Waals surface area (Å²) in [5, 5.41) is 9.13. The molecular formula is C30H31FO5S. The van der Waals surface area contributed by atoms with Gasteiger partial charge in [0.05, 0.1) is 19.6 Å². The lowest BCUT2D eigenvalue weighted by Gasteiger charge is -2.18.